The van der Waals surface area contributed by atoms with Gasteiger partial charge < -0.3 is 5.11 Å². The van der Waals surface area contributed by atoms with Crippen molar-refractivity contribution < 1.29 is 9.90 Å². The Kier molecular flexibility index (Phi) is 3.01. The van der Waals surface area contributed by atoms with E-state index in [9.17, 15) is 4.79 Å². The Morgan fingerprint density at radius 3 is 2.40 bits per heavy atom. The van der Waals surface area contributed by atoms with Gasteiger partial charge in [0.2, 0.25) is 0 Å². The van der Waals surface area contributed by atoms with E-state index in [0.29, 0.717) is 18.0 Å². The molecule has 15 heavy (non-hydrogen) atoms. The largest absolute Gasteiger partial charge is 0.481 e. The summed E-state index contributed by atoms with van der Waals surface area (Å²) in [7, 11) is 0. The Morgan fingerprint density at radius 2 is 1.93 bits per heavy atom. The van der Waals surface area contributed by atoms with E-state index in [1.807, 2.05) is 0 Å². The summed E-state index contributed by atoms with van der Waals surface area (Å²) in [5.41, 5.74) is 0. The maximum Gasteiger partial charge on any atom is 0.306 e. The van der Waals surface area contributed by atoms with E-state index in [4.69, 9.17) is 5.11 Å². The number of piperidine rings is 1. The Morgan fingerprint density at radius 1 is 1.33 bits per heavy atom. The molecule has 3 heteroatoms. The lowest BCUT2D eigenvalue weighted by Crippen LogP contribution is -2.44. The van der Waals surface area contributed by atoms with Gasteiger partial charge >= 0.3 is 5.97 Å². The molecular formula is C12H21NO2. The third kappa shape index (κ3) is 2.33. The standard InChI is InChI=1S/C12H21NO2/c1-8-4-3-5-9(2)13(8)7-10-6-11(10)12(14)15/h8-11H,3-7H2,1-2H3,(H,14,15). The maximum atomic E-state index is 10.8. The predicted octanol–water partition coefficient (Wildman–Crippen LogP) is 1.97. The lowest BCUT2D eigenvalue weighted by Gasteiger charge is -2.39. The molecule has 4 unspecified atom stereocenters. The molecule has 0 bridgehead atoms. The zero-order valence-electron chi connectivity index (χ0n) is 9.65. The second-order valence-electron chi connectivity index (χ2n) is 5.27. The average Bonchev–Trinajstić information content (AvgIpc) is 2.91. The first-order valence-corrected chi connectivity index (χ1v) is 6.08. The van der Waals surface area contributed by atoms with Crippen LogP contribution in [0.25, 0.3) is 0 Å². The number of nitrogens with zero attached hydrogens (tertiary/aromatic N) is 1. The SMILES string of the molecule is CC1CCCC(C)N1CC1CC1C(=O)O. The molecule has 1 aliphatic carbocycles. The van der Waals surface area contributed by atoms with E-state index in [1.54, 1.807) is 0 Å². The zero-order valence-corrected chi connectivity index (χ0v) is 9.65. The molecule has 0 aromatic carbocycles. The van der Waals surface area contributed by atoms with Crippen LogP contribution in [0.2, 0.25) is 0 Å². The molecule has 2 fully saturated rings. The second kappa shape index (κ2) is 4.12. The van der Waals surface area contributed by atoms with Gasteiger partial charge in [-0.25, -0.2) is 0 Å². The predicted molar refractivity (Wildman–Crippen MR) is 58.7 cm³/mol. The quantitative estimate of drug-likeness (QED) is 0.776. The van der Waals surface area contributed by atoms with Crippen LogP contribution < -0.4 is 0 Å². The van der Waals surface area contributed by atoms with Crippen molar-refractivity contribution in [2.24, 2.45) is 11.8 Å². The molecule has 1 saturated carbocycles. The Labute approximate surface area is 91.5 Å². The summed E-state index contributed by atoms with van der Waals surface area (Å²) in [5, 5.41) is 8.87. The molecular weight excluding hydrogens is 190 g/mol. The van der Waals surface area contributed by atoms with Crippen LogP contribution in [-0.4, -0.2) is 34.6 Å². The second-order valence-corrected chi connectivity index (χ2v) is 5.27. The van der Waals surface area contributed by atoms with E-state index in [0.717, 1.165) is 13.0 Å². The van der Waals surface area contributed by atoms with E-state index in [1.165, 1.54) is 19.3 Å². The summed E-state index contributed by atoms with van der Waals surface area (Å²) < 4.78 is 0. The van der Waals surface area contributed by atoms with E-state index in [-0.39, 0.29) is 5.92 Å². The summed E-state index contributed by atoms with van der Waals surface area (Å²) in [5.74, 6) is -0.228. The maximum absolute atomic E-state index is 10.8. The van der Waals surface area contributed by atoms with Crippen molar-refractivity contribution >= 4 is 5.97 Å². The number of carbonyl (C=O) groups is 1. The first kappa shape index (κ1) is 10.9. The van der Waals surface area contributed by atoms with Gasteiger partial charge in [-0.3, -0.25) is 9.69 Å². The van der Waals surface area contributed by atoms with Crippen molar-refractivity contribution in [3.8, 4) is 0 Å². The minimum atomic E-state index is -0.600. The van der Waals surface area contributed by atoms with E-state index >= 15 is 0 Å². The first-order valence-electron chi connectivity index (χ1n) is 6.08. The lowest BCUT2D eigenvalue weighted by molar-refractivity contribution is -0.139. The van der Waals surface area contributed by atoms with E-state index in [2.05, 4.69) is 18.7 Å². The van der Waals surface area contributed by atoms with Crippen LogP contribution in [0.3, 0.4) is 0 Å². The number of rotatable bonds is 3. The van der Waals surface area contributed by atoms with Crippen molar-refractivity contribution in [3.63, 3.8) is 0 Å². The fourth-order valence-electron chi connectivity index (χ4n) is 2.86. The van der Waals surface area contributed by atoms with Crippen LogP contribution >= 0.6 is 0 Å². The van der Waals surface area contributed by atoms with Gasteiger partial charge in [0.1, 0.15) is 0 Å². The Bertz CT molecular complexity index is 244. The molecule has 0 amide bonds. The molecule has 1 N–H and O–H groups in total. The van der Waals surface area contributed by atoms with Crippen molar-refractivity contribution in [2.45, 2.75) is 51.6 Å². The molecule has 0 aromatic heterocycles. The normalized spacial score (nSPS) is 41.5. The summed E-state index contributed by atoms with van der Waals surface area (Å²) in [6.45, 7) is 5.54. The van der Waals surface area contributed by atoms with Gasteiger partial charge in [-0.05, 0) is 39.0 Å². The fraction of sp³-hybridized carbons (Fsp3) is 0.917. The third-order valence-electron chi connectivity index (χ3n) is 4.06. The first-order chi connectivity index (χ1) is 7.09. The molecule has 1 saturated heterocycles. The number of aliphatic carboxylic acids is 1. The van der Waals surface area contributed by atoms with E-state index < -0.39 is 5.97 Å². The minimum Gasteiger partial charge on any atom is -0.481 e. The average molecular weight is 211 g/mol. The van der Waals surface area contributed by atoms with Gasteiger partial charge in [0, 0.05) is 18.6 Å². The summed E-state index contributed by atoms with van der Waals surface area (Å²) in [6, 6.07) is 1.28. The van der Waals surface area contributed by atoms with Gasteiger partial charge in [-0.2, -0.15) is 0 Å². The van der Waals surface area contributed by atoms with Crippen LogP contribution in [0.1, 0.15) is 39.5 Å². The molecule has 4 atom stereocenters. The Balaban J connectivity index is 1.85. The molecule has 0 spiro atoms. The molecule has 0 radical (unpaired) electrons. The van der Waals surface area contributed by atoms with Crippen molar-refractivity contribution in [1.29, 1.82) is 0 Å². The molecule has 0 aromatic rings. The number of likely N-dealkylation sites (tertiary alicyclic amines) is 1. The number of carboxylic acid groups (broad SMARTS) is 1. The lowest BCUT2D eigenvalue weighted by atomic mass is 9.97. The highest BCUT2D eigenvalue weighted by atomic mass is 16.4. The monoisotopic (exact) mass is 211 g/mol. The van der Waals surface area contributed by atoms with Gasteiger partial charge in [0.15, 0.2) is 0 Å². The minimum absolute atomic E-state index is 0.0497. The number of hydrogen-bond acceptors (Lipinski definition) is 2. The van der Waals surface area contributed by atoms with Crippen LogP contribution in [0.5, 0.6) is 0 Å². The topological polar surface area (TPSA) is 40.5 Å². The Hall–Kier alpha value is -0.570. The molecule has 3 nitrogen and oxygen atoms in total. The molecule has 1 aliphatic heterocycles. The highest BCUT2D eigenvalue weighted by molar-refractivity contribution is 5.73. The zero-order chi connectivity index (χ0) is 11.0. The van der Waals surface area contributed by atoms with Crippen molar-refractivity contribution in [1.82, 2.24) is 4.90 Å². The van der Waals surface area contributed by atoms with Gasteiger partial charge in [-0.1, -0.05) is 6.42 Å². The van der Waals surface area contributed by atoms with Crippen molar-refractivity contribution in [2.75, 3.05) is 6.54 Å². The number of hydrogen-bond donors (Lipinski definition) is 1. The van der Waals surface area contributed by atoms with Crippen molar-refractivity contribution in [3.05, 3.63) is 0 Å². The van der Waals surface area contributed by atoms with Gasteiger partial charge in [-0.15, -0.1) is 0 Å². The summed E-state index contributed by atoms with van der Waals surface area (Å²) in [6.07, 6.45) is 4.76. The fourth-order valence-corrected chi connectivity index (χ4v) is 2.86. The highest BCUT2D eigenvalue weighted by Crippen LogP contribution is 2.40. The highest BCUT2D eigenvalue weighted by Gasteiger charge is 2.45. The van der Waals surface area contributed by atoms with Crippen LogP contribution in [0.15, 0.2) is 0 Å². The summed E-state index contributed by atoms with van der Waals surface area (Å²) in [4.78, 5) is 13.3. The smallest absolute Gasteiger partial charge is 0.306 e. The number of carboxylic acids is 1. The van der Waals surface area contributed by atoms with Crippen LogP contribution in [-0.2, 0) is 4.79 Å². The van der Waals surface area contributed by atoms with Crippen LogP contribution in [0.4, 0.5) is 0 Å². The van der Waals surface area contributed by atoms with Gasteiger partial charge in [0.05, 0.1) is 5.92 Å². The summed E-state index contributed by atoms with van der Waals surface area (Å²) >= 11 is 0. The molecule has 2 aliphatic rings. The molecule has 2 rings (SSSR count). The van der Waals surface area contributed by atoms with Gasteiger partial charge in [0.25, 0.3) is 0 Å². The van der Waals surface area contributed by atoms with Crippen LogP contribution in [0, 0.1) is 11.8 Å². The third-order valence-corrected chi connectivity index (χ3v) is 4.06. The molecule has 1 heterocycles. The molecule has 86 valence electrons.